The van der Waals surface area contributed by atoms with E-state index in [9.17, 15) is 0 Å². The highest BCUT2D eigenvalue weighted by molar-refractivity contribution is 6.32. The lowest BCUT2D eigenvalue weighted by molar-refractivity contribution is 1.31. The maximum absolute atomic E-state index is 8.64. The summed E-state index contributed by atoms with van der Waals surface area (Å²) in [6, 6.07) is 5.71. The van der Waals surface area contributed by atoms with Crippen molar-refractivity contribution in [2.75, 3.05) is 11.1 Å². The number of benzene rings is 1. The average Bonchev–Trinajstić information content (AvgIpc) is 2.24. The Morgan fingerprint density at radius 3 is 2.50 bits per heavy atom. The molecule has 1 aromatic rings. The molecule has 0 unspecified atom stereocenters. The third-order valence-electron chi connectivity index (χ3n) is 2.42. The van der Waals surface area contributed by atoms with E-state index in [2.05, 4.69) is 5.32 Å². The lowest BCUT2D eigenvalue weighted by Crippen LogP contribution is -2.02. The fourth-order valence-electron chi connectivity index (χ4n) is 1.29. The monoisotopic (exact) mass is 235 g/mol. The molecule has 3 N–H and O–H groups in total. The zero-order valence-corrected chi connectivity index (χ0v) is 10.3. The molecule has 84 valence electrons. The molecular formula is C12H14ClN3. The van der Waals surface area contributed by atoms with Crippen LogP contribution in [-0.2, 0) is 0 Å². The summed E-state index contributed by atoms with van der Waals surface area (Å²) in [5, 5.41) is 11.8. The van der Waals surface area contributed by atoms with E-state index in [0.717, 1.165) is 16.8 Å². The second-order valence-corrected chi connectivity index (χ2v) is 4.08. The van der Waals surface area contributed by atoms with Crippen LogP contribution in [0.25, 0.3) is 0 Å². The van der Waals surface area contributed by atoms with Crippen LogP contribution >= 0.6 is 11.6 Å². The van der Waals surface area contributed by atoms with Gasteiger partial charge in [0.1, 0.15) is 11.1 Å². The molecule has 0 aliphatic carbocycles. The van der Waals surface area contributed by atoms with E-state index in [4.69, 9.17) is 22.6 Å². The van der Waals surface area contributed by atoms with Crippen LogP contribution in [0.3, 0.4) is 0 Å². The SMILES string of the molecule is C/C(Nc1cc(C)c(C)cc1N)=C(/Cl)C#N. The number of allylic oxidation sites excluding steroid dienone is 2. The summed E-state index contributed by atoms with van der Waals surface area (Å²) in [5.41, 5.74) is 10.2. The highest BCUT2D eigenvalue weighted by Crippen LogP contribution is 2.25. The second-order valence-electron chi connectivity index (χ2n) is 3.70. The molecule has 0 aliphatic heterocycles. The van der Waals surface area contributed by atoms with Crippen molar-refractivity contribution in [1.29, 1.82) is 5.26 Å². The van der Waals surface area contributed by atoms with Gasteiger partial charge in [-0.05, 0) is 44.0 Å². The van der Waals surface area contributed by atoms with Crippen molar-refractivity contribution in [3.8, 4) is 6.07 Å². The molecule has 16 heavy (non-hydrogen) atoms. The first-order valence-corrected chi connectivity index (χ1v) is 5.23. The molecule has 1 rings (SSSR count). The Balaban J connectivity index is 3.09. The van der Waals surface area contributed by atoms with Gasteiger partial charge in [-0.1, -0.05) is 11.6 Å². The van der Waals surface area contributed by atoms with Gasteiger partial charge in [0, 0.05) is 5.70 Å². The summed E-state index contributed by atoms with van der Waals surface area (Å²) in [5.74, 6) is 0. The number of rotatable bonds is 2. The number of nitrogen functional groups attached to an aromatic ring is 1. The number of hydrogen-bond donors (Lipinski definition) is 2. The first-order valence-electron chi connectivity index (χ1n) is 4.86. The van der Waals surface area contributed by atoms with Gasteiger partial charge < -0.3 is 11.1 Å². The van der Waals surface area contributed by atoms with Gasteiger partial charge in [-0.2, -0.15) is 5.26 Å². The molecule has 0 radical (unpaired) electrons. The number of halogens is 1. The van der Waals surface area contributed by atoms with E-state index in [-0.39, 0.29) is 5.03 Å². The molecule has 0 fully saturated rings. The van der Waals surface area contributed by atoms with Crippen LogP contribution in [0.5, 0.6) is 0 Å². The van der Waals surface area contributed by atoms with Gasteiger partial charge in [0.15, 0.2) is 0 Å². The minimum atomic E-state index is 0.137. The maximum atomic E-state index is 8.64. The lowest BCUT2D eigenvalue weighted by Gasteiger charge is -2.12. The molecule has 0 heterocycles. The van der Waals surface area contributed by atoms with Gasteiger partial charge in [-0.15, -0.1) is 0 Å². The first kappa shape index (κ1) is 12.4. The highest BCUT2D eigenvalue weighted by atomic mass is 35.5. The van der Waals surface area contributed by atoms with E-state index in [1.54, 1.807) is 6.92 Å². The summed E-state index contributed by atoms with van der Waals surface area (Å²) in [7, 11) is 0. The fourth-order valence-corrected chi connectivity index (χ4v) is 1.33. The Morgan fingerprint density at radius 2 is 1.94 bits per heavy atom. The van der Waals surface area contributed by atoms with Gasteiger partial charge in [-0.3, -0.25) is 0 Å². The number of nitrogens with two attached hydrogens (primary N) is 1. The number of anilines is 2. The molecule has 0 saturated carbocycles. The Bertz CT molecular complexity index is 484. The molecule has 0 bridgehead atoms. The zero-order valence-electron chi connectivity index (χ0n) is 9.56. The van der Waals surface area contributed by atoms with Crippen molar-refractivity contribution in [2.24, 2.45) is 0 Å². The van der Waals surface area contributed by atoms with Crippen molar-refractivity contribution in [2.45, 2.75) is 20.8 Å². The summed E-state index contributed by atoms with van der Waals surface area (Å²) in [4.78, 5) is 0. The van der Waals surface area contributed by atoms with E-state index >= 15 is 0 Å². The molecule has 0 spiro atoms. The summed E-state index contributed by atoms with van der Waals surface area (Å²) >= 11 is 5.70. The third kappa shape index (κ3) is 2.68. The van der Waals surface area contributed by atoms with Gasteiger partial charge in [-0.25, -0.2) is 0 Å². The summed E-state index contributed by atoms with van der Waals surface area (Å²) in [6.45, 7) is 5.74. The molecule has 0 atom stereocenters. The van der Waals surface area contributed by atoms with Gasteiger partial charge in [0.2, 0.25) is 0 Å². The third-order valence-corrected chi connectivity index (χ3v) is 2.78. The van der Waals surface area contributed by atoms with E-state index in [1.807, 2.05) is 32.0 Å². The molecule has 1 aromatic carbocycles. The van der Waals surface area contributed by atoms with Crippen molar-refractivity contribution < 1.29 is 0 Å². The standard InChI is InChI=1S/C12H14ClN3/c1-7-4-11(15)12(5-8(7)2)16-9(3)10(13)6-14/h4-5,16H,15H2,1-3H3/b10-9-. The number of nitrogens with one attached hydrogen (secondary N) is 1. The van der Waals surface area contributed by atoms with Crippen LogP contribution in [0, 0.1) is 25.2 Å². The average molecular weight is 236 g/mol. The van der Waals surface area contributed by atoms with Crippen LogP contribution in [0.4, 0.5) is 11.4 Å². The molecule has 3 nitrogen and oxygen atoms in total. The van der Waals surface area contributed by atoms with Crippen LogP contribution in [0.2, 0.25) is 0 Å². The topological polar surface area (TPSA) is 61.8 Å². The van der Waals surface area contributed by atoms with Crippen LogP contribution in [0.15, 0.2) is 22.9 Å². The van der Waals surface area contributed by atoms with Crippen molar-refractivity contribution >= 4 is 23.0 Å². The molecule has 0 aliphatic rings. The molecule has 0 amide bonds. The fraction of sp³-hybridized carbons (Fsp3) is 0.250. The number of hydrogen-bond acceptors (Lipinski definition) is 3. The molecule has 4 heteroatoms. The number of aryl methyl sites for hydroxylation is 2. The summed E-state index contributed by atoms with van der Waals surface area (Å²) in [6.07, 6.45) is 0. The first-order chi connectivity index (χ1) is 7.45. The molecule has 0 aromatic heterocycles. The normalized spacial score (nSPS) is 11.7. The molecule has 0 saturated heterocycles. The minimum absolute atomic E-state index is 0.137. The Morgan fingerprint density at radius 1 is 1.38 bits per heavy atom. The minimum Gasteiger partial charge on any atom is -0.397 e. The van der Waals surface area contributed by atoms with E-state index < -0.39 is 0 Å². The van der Waals surface area contributed by atoms with Crippen molar-refractivity contribution in [1.82, 2.24) is 0 Å². The Kier molecular flexibility index (Phi) is 3.81. The van der Waals surface area contributed by atoms with Gasteiger partial charge in [0.05, 0.1) is 11.4 Å². The Labute approximate surface area is 101 Å². The number of nitrogens with zero attached hydrogens (tertiary/aromatic N) is 1. The zero-order chi connectivity index (χ0) is 12.3. The van der Waals surface area contributed by atoms with E-state index in [1.165, 1.54) is 0 Å². The molecular weight excluding hydrogens is 222 g/mol. The summed E-state index contributed by atoms with van der Waals surface area (Å²) < 4.78 is 0. The quantitative estimate of drug-likeness (QED) is 0.611. The predicted octanol–water partition coefficient (Wildman–Crippen LogP) is 3.29. The van der Waals surface area contributed by atoms with Crippen molar-refractivity contribution in [3.05, 3.63) is 34.0 Å². The predicted molar refractivity (Wildman–Crippen MR) is 68.1 cm³/mol. The lowest BCUT2D eigenvalue weighted by atomic mass is 10.1. The van der Waals surface area contributed by atoms with Crippen molar-refractivity contribution in [3.63, 3.8) is 0 Å². The van der Waals surface area contributed by atoms with Crippen LogP contribution < -0.4 is 11.1 Å². The number of nitriles is 1. The van der Waals surface area contributed by atoms with Crippen LogP contribution in [0.1, 0.15) is 18.1 Å². The maximum Gasteiger partial charge on any atom is 0.137 e. The van der Waals surface area contributed by atoms with Crippen LogP contribution in [-0.4, -0.2) is 0 Å². The van der Waals surface area contributed by atoms with Gasteiger partial charge in [0.25, 0.3) is 0 Å². The second kappa shape index (κ2) is 4.91. The highest BCUT2D eigenvalue weighted by Gasteiger charge is 2.04. The Hall–Kier alpha value is -1.66. The smallest absolute Gasteiger partial charge is 0.137 e. The van der Waals surface area contributed by atoms with E-state index in [0.29, 0.717) is 11.4 Å². The largest absolute Gasteiger partial charge is 0.397 e. The van der Waals surface area contributed by atoms with Gasteiger partial charge >= 0.3 is 0 Å².